The van der Waals surface area contributed by atoms with Crippen LogP contribution in [0.4, 0.5) is 5.82 Å². The predicted molar refractivity (Wildman–Crippen MR) is 59.2 cm³/mol. The summed E-state index contributed by atoms with van der Waals surface area (Å²) in [7, 11) is 0. The van der Waals surface area contributed by atoms with E-state index >= 15 is 0 Å². The molecule has 0 bridgehead atoms. The Hall–Kier alpha value is -1.65. The zero-order valence-electron chi connectivity index (χ0n) is 9.21. The first-order valence-corrected chi connectivity index (χ1v) is 5.45. The first-order chi connectivity index (χ1) is 7.70. The Labute approximate surface area is 94.1 Å². The number of carboxylic acids is 1. The van der Waals surface area contributed by atoms with Crippen molar-refractivity contribution in [3.05, 3.63) is 18.6 Å². The molecule has 1 aliphatic heterocycles. The zero-order chi connectivity index (χ0) is 11.5. The first kappa shape index (κ1) is 10.9. The van der Waals surface area contributed by atoms with Crippen LogP contribution in [0, 0.1) is 5.92 Å². The maximum atomic E-state index is 11.3. The van der Waals surface area contributed by atoms with E-state index in [9.17, 15) is 9.90 Å². The average Bonchev–Trinajstić information content (AvgIpc) is 2.29. The number of hydrogen-bond donors (Lipinski definition) is 1. The van der Waals surface area contributed by atoms with Crippen molar-refractivity contribution in [3.63, 3.8) is 0 Å². The average molecular weight is 221 g/mol. The number of rotatable bonds is 2. The quantitative estimate of drug-likeness (QED) is 0.811. The molecule has 1 N–H and O–H groups in total. The Balaban J connectivity index is 2.27. The Kier molecular flexibility index (Phi) is 3.03. The summed E-state index contributed by atoms with van der Waals surface area (Å²) in [5.74, 6) is 0.0842. The highest BCUT2D eigenvalue weighted by molar-refractivity contribution is 5.78. The van der Waals surface area contributed by atoms with Crippen LogP contribution in [0.15, 0.2) is 18.6 Å². The third kappa shape index (κ3) is 1.98. The van der Waals surface area contributed by atoms with E-state index in [0.717, 1.165) is 19.4 Å². The van der Waals surface area contributed by atoms with Gasteiger partial charge in [-0.15, -0.1) is 0 Å². The number of aliphatic carboxylic acids is 1. The lowest BCUT2D eigenvalue weighted by Gasteiger charge is -2.37. The summed E-state index contributed by atoms with van der Waals surface area (Å²) in [5.41, 5.74) is 0. The number of hydrogen-bond acceptors (Lipinski definition) is 4. The zero-order valence-corrected chi connectivity index (χ0v) is 9.21. The molecular formula is C11H15N3O2. The summed E-state index contributed by atoms with van der Waals surface area (Å²) in [4.78, 5) is 21.1. The lowest BCUT2D eigenvalue weighted by Crippen LogP contribution is -2.49. The highest BCUT2D eigenvalue weighted by Gasteiger charge is 2.34. The SMILES string of the molecule is CC1CCCN(c2ccncn2)C1C(=O)O. The van der Waals surface area contributed by atoms with E-state index in [4.69, 9.17) is 0 Å². The monoisotopic (exact) mass is 221 g/mol. The van der Waals surface area contributed by atoms with E-state index in [1.807, 2.05) is 11.8 Å². The van der Waals surface area contributed by atoms with Gasteiger partial charge >= 0.3 is 5.97 Å². The molecule has 1 fully saturated rings. The molecular weight excluding hydrogens is 206 g/mol. The van der Waals surface area contributed by atoms with Gasteiger partial charge in [0.2, 0.25) is 0 Å². The van der Waals surface area contributed by atoms with Gasteiger partial charge in [0.1, 0.15) is 18.2 Å². The summed E-state index contributed by atoms with van der Waals surface area (Å²) < 4.78 is 0. The molecule has 1 aromatic heterocycles. The van der Waals surface area contributed by atoms with Crippen molar-refractivity contribution in [1.82, 2.24) is 9.97 Å². The van der Waals surface area contributed by atoms with Crippen molar-refractivity contribution in [2.75, 3.05) is 11.4 Å². The van der Waals surface area contributed by atoms with Crippen LogP contribution in [-0.2, 0) is 4.79 Å². The highest BCUT2D eigenvalue weighted by Crippen LogP contribution is 2.27. The molecule has 1 saturated heterocycles. The smallest absolute Gasteiger partial charge is 0.326 e. The molecule has 0 radical (unpaired) electrons. The van der Waals surface area contributed by atoms with E-state index in [0.29, 0.717) is 5.82 Å². The van der Waals surface area contributed by atoms with E-state index in [-0.39, 0.29) is 5.92 Å². The van der Waals surface area contributed by atoms with Gasteiger partial charge in [-0.3, -0.25) is 0 Å². The second kappa shape index (κ2) is 4.47. The molecule has 0 amide bonds. The second-order valence-corrected chi connectivity index (χ2v) is 4.16. The van der Waals surface area contributed by atoms with Crippen molar-refractivity contribution in [2.24, 2.45) is 5.92 Å². The summed E-state index contributed by atoms with van der Waals surface area (Å²) in [6.45, 7) is 2.73. The van der Waals surface area contributed by atoms with Crippen LogP contribution in [0.3, 0.4) is 0 Å². The van der Waals surface area contributed by atoms with Gasteiger partial charge in [0.25, 0.3) is 0 Å². The van der Waals surface area contributed by atoms with Gasteiger partial charge in [-0.2, -0.15) is 0 Å². The largest absolute Gasteiger partial charge is 0.480 e. The molecule has 0 spiro atoms. The molecule has 5 nitrogen and oxygen atoms in total. The number of aromatic nitrogens is 2. The van der Waals surface area contributed by atoms with Gasteiger partial charge in [0.05, 0.1) is 0 Å². The molecule has 2 unspecified atom stereocenters. The minimum absolute atomic E-state index is 0.154. The Morgan fingerprint density at radius 3 is 3.06 bits per heavy atom. The van der Waals surface area contributed by atoms with Crippen LogP contribution in [0.2, 0.25) is 0 Å². The molecule has 0 aromatic carbocycles. The molecule has 0 aliphatic carbocycles. The molecule has 1 aliphatic rings. The Morgan fingerprint density at radius 2 is 2.44 bits per heavy atom. The highest BCUT2D eigenvalue weighted by atomic mass is 16.4. The third-order valence-electron chi connectivity index (χ3n) is 3.05. The fourth-order valence-corrected chi connectivity index (χ4v) is 2.28. The second-order valence-electron chi connectivity index (χ2n) is 4.16. The molecule has 16 heavy (non-hydrogen) atoms. The van der Waals surface area contributed by atoms with Crippen LogP contribution < -0.4 is 4.90 Å². The van der Waals surface area contributed by atoms with Gasteiger partial charge < -0.3 is 10.0 Å². The molecule has 1 aromatic rings. The number of nitrogens with zero attached hydrogens (tertiary/aromatic N) is 3. The standard InChI is InChI=1S/C11H15N3O2/c1-8-3-2-6-14(10(8)11(15)16)9-4-5-12-7-13-9/h4-5,7-8,10H,2-3,6H2,1H3,(H,15,16). The fraction of sp³-hybridized carbons (Fsp3) is 0.545. The van der Waals surface area contributed by atoms with Crippen LogP contribution in [0.1, 0.15) is 19.8 Å². The van der Waals surface area contributed by atoms with Crippen molar-refractivity contribution in [3.8, 4) is 0 Å². The van der Waals surface area contributed by atoms with Crippen LogP contribution in [0.5, 0.6) is 0 Å². The van der Waals surface area contributed by atoms with Crippen molar-refractivity contribution < 1.29 is 9.90 Å². The number of anilines is 1. The number of carboxylic acid groups (broad SMARTS) is 1. The van der Waals surface area contributed by atoms with Crippen molar-refractivity contribution in [2.45, 2.75) is 25.8 Å². The van der Waals surface area contributed by atoms with Gasteiger partial charge in [-0.1, -0.05) is 6.92 Å². The van der Waals surface area contributed by atoms with E-state index < -0.39 is 12.0 Å². The van der Waals surface area contributed by atoms with Crippen LogP contribution in [0.25, 0.3) is 0 Å². The number of carbonyl (C=O) groups is 1. The number of piperidine rings is 1. The predicted octanol–water partition coefficient (Wildman–Crippen LogP) is 1.17. The first-order valence-electron chi connectivity index (χ1n) is 5.45. The molecule has 0 saturated carbocycles. The van der Waals surface area contributed by atoms with Crippen LogP contribution >= 0.6 is 0 Å². The Morgan fingerprint density at radius 1 is 1.62 bits per heavy atom. The van der Waals surface area contributed by atoms with Crippen molar-refractivity contribution >= 4 is 11.8 Å². The lowest BCUT2D eigenvalue weighted by atomic mass is 9.91. The molecule has 2 heterocycles. The van der Waals surface area contributed by atoms with E-state index in [1.165, 1.54) is 6.33 Å². The van der Waals surface area contributed by atoms with E-state index in [1.54, 1.807) is 12.3 Å². The summed E-state index contributed by atoms with van der Waals surface area (Å²) in [5, 5.41) is 9.26. The van der Waals surface area contributed by atoms with Gasteiger partial charge in [0, 0.05) is 12.7 Å². The summed E-state index contributed by atoms with van der Waals surface area (Å²) in [6, 6.07) is 1.29. The molecule has 2 rings (SSSR count). The van der Waals surface area contributed by atoms with E-state index in [2.05, 4.69) is 9.97 Å². The minimum Gasteiger partial charge on any atom is -0.480 e. The maximum absolute atomic E-state index is 11.3. The lowest BCUT2D eigenvalue weighted by molar-refractivity contribution is -0.140. The molecule has 5 heteroatoms. The molecule has 86 valence electrons. The van der Waals surface area contributed by atoms with Gasteiger partial charge in [-0.05, 0) is 24.8 Å². The fourth-order valence-electron chi connectivity index (χ4n) is 2.28. The topological polar surface area (TPSA) is 66.3 Å². The van der Waals surface area contributed by atoms with Gasteiger partial charge in [-0.25, -0.2) is 14.8 Å². The third-order valence-corrected chi connectivity index (χ3v) is 3.05. The Bertz CT molecular complexity index is 369. The molecule has 2 atom stereocenters. The van der Waals surface area contributed by atoms with Crippen molar-refractivity contribution in [1.29, 1.82) is 0 Å². The normalized spacial score (nSPS) is 25.4. The van der Waals surface area contributed by atoms with Crippen LogP contribution in [-0.4, -0.2) is 33.6 Å². The summed E-state index contributed by atoms with van der Waals surface area (Å²) in [6.07, 6.45) is 5.06. The summed E-state index contributed by atoms with van der Waals surface area (Å²) >= 11 is 0. The minimum atomic E-state index is -0.772. The van der Waals surface area contributed by atoms with Gasteiger partial charge in [0.15, 0.2) is 0 Å². The maximum Gasteiger partial charge on any atom is 0.326 e.